The Morgan fingerprint density at radius 3 is 2.63 bits per heavy atom. The summed E-state index contributed by atoms with van der Waals surface area (Å²) in [6, 6.07) is 3.93. The van der Waals surface area contributed by atoms with Crippen LogP contribution in [0.3, 0.4) is 0 Å². The number of rotatable bonds is 2. The van der Waals surface area contributed by atoms with Gasteiger partial charge in [0, 0.05) is 6.20 Å². The number of nitrogens with zero attached hydrogens (tertiary/aromatic N) is 3. The Morgan fingerprint density at radius 2 is 2.00 bits per heavy atom. The molecule has 0 fully saturated rings. The normalized spacial score (nSPS) is 11.4. The molecule has 0 aliphatic heterocycles. The summed E-state index contributed by atoms with van der Waals surface area (Å²) in [6.07, 6.45) is -3.19. The van der Waals surface area contributed by atoms with E-state index in [4.69, 9.17) is 16.3 Å². The van der Waals surface area contributed by atoms with Crippen molar-refractivity contribution in [2.75, 3.05) is 7.11 Å². The molecule has 2 aromatic rings. The van der Waals surface area contributed by atoms with Crippen LogP contribution in [-0.4, -0.2) is 22.1 Å². The van der Waals surface area contributed by atoms with E-state index in [0.29, 0.717) is 5.75 Å². The summed E-state index contributed by atoms with van der Waals surface area (Å²) in [7, 11) is 1.38. The molecule has 2 heterocycles. The molecule has 4 nitrogen and oxygen atoms in total. The zero-order valence-corrected chi connectivity index (χ0v) is 10.3. The summed E-state index contributed by atoms with van der Waals surface area (Å²) in [6.45, 7) is 0. The van der Waals surface area contributed by atoms with Crippen molar-refractivity contribution in [2.24, 2.45) is 0 Å². The number of halogens is 4. The zero-order chi connectivity index (χ0) is 14.0. The molecule has 100 valence electrons. The minimum Gasteiger partial charge on any atom is -0.494 e. The molecule has 19 heavy (non-hydrogen) atoms. The maximum Gasteiger partial charge on any atom is 0.433 e. The van der Waals surface area contributed by atoms with Gasteiger partial charge in [-0.05, 0) is 29.8 Å². The highest BCUT2D eigenvalue weighted by Crippen LogP contribution is 2.32. The predicted octanol–water partition coefficient (Wildman–Crippen LogP) is 3.22. The van der Waals surface area contributed by atoms with Gasteiger partial charge in [0.2, 0.25) is 5.28 Å². The van der Waals surface area contributed by atoms with Gasteiger partial charge in [-0.25, -0.2) is 9.97 Å². The smallest absolute Gasteiger partial charge is 0.433 e. The zero-order valence-electron chi connectivity index (χ0n) is 9.57. The van der Waals surface area contributed by atoms with Crippen molar-refractivity contribution in [3.63, 3.8) is 0 Å². The molecule has 0 bridgehead atoms. The van der Waals surface area contributed by atoms with E-state index in [1.54, 1.807) is 12.1 Å². The summed E-state index contributed by atoms with van der Waals surface area (Å²) in [4.78, 5) is 10.8. The van der Waals surface area contributed by atoms with Crippen LogP contribution >= 0.6 is 11.6 Å². The van der Waals surface area contributed by atoms with Crippen LogP contribution < -0.4 is 4.74 Å². The summed E-state index contributed by atoms with van der Waals surface area (Å²) < 4.78 is 43.0. The van der Waals surface area contributed by atoms with E-state index in [0.717, 1.165) is 6.07 Å². The molecule has 0 saturated carbocycles. The Labute approximate surface area is 111 Å². The van der Waals surface area contributed by atoms with Crippen LogP contribution in [0.15, 0.2) is 24.4 Å². The van der Waals surface area contributed by atoms with Crippen LogP contribution in [0, 0.1) is 0 Å². The third kappa shape index (κ3) is 2.93. The number of methoxy groups -OCH3 is 1. The second kappa shape index (κ2) is 5.00. The lowest BCUT2D eigenvalue weighted by molar-refractivity contribution is -0.141. The molecule has 0 atom stereocenters. The van der Waals surface area contributed by atoms with E-state index in [2.05, 4.69) is 15.0 Å². The second-order valence-corrected chi connectivity index (χ2v) is 3.80. The first-order chi connectivity index (χ1) is 8.91. The second-order valence-electron chi connectivity index (χ2n) is 3.46. The fourth-order valence-electron chi connectivity index (χ4n) is 1.43. The van der Waals surface area contributed by atoms with Crippen LogP contribution in [0.2, 0.25) is 5.28 Å². The lowest BCUT2D eigenvalue weighted by Gasteiger charge is -2.09. The lowest BCUT2D eigenvalue weighted by Crippen LogP contribution is -2.09. The van der Waals surface area contributed by atoms with Crippen molar-refractivity contribution in [1.82, 2.24) is 15.0 Å². The van der Waals surface area contributed by atoms with Gasteiger partial charge in [0.05, 0.1) is 12.8 Å². The average molecular weight is 290 g/mol. The molecular formula is C11H7ClF3N3O. The van der Waals surface area contributed by atoms with Crippen LogP contribution in [-0.2, 0) is 6.18 Å². The molecule has 8 heteroatoms. The van der Waals surface area contributed by atoms with Crippen LogP contribution in [0.5, 0.6) is 5.75 Å². The van der Waals surface area contributed by atoms with Crippen LogP contribution in [0.1, 0.15) is 5.69 Å². The van der Waals surface area contributed by atoms with Crippen molar-refractivity contribution >= 4 is 11.6 Å². The predicted molar refractivity (Wildman–Crippen MR) is 61.8 cm³/mol. The van der Waals surface area contributed by atoms with Crippen molar-refractivity contribution in [3.05, 3.63) is 35.4 Å². The fourth-order valence-corrected chi connectivity index (χ4v) is 1.61. The highest BCUT2D eigenvalue weighted by molar-refractivity contribution is 6.28. The van der Waals surface area contributed by atoms with E-state index >= 15 is 0 Å². The minimum absolute atomic E-state index is 0.0511. The number of hydrogen-bond acceptors (Lipinski definition) is 4. The third-order valence-electron chi connectivity index (χ3n) is 2.22. The first kappa shape index (κ1) is 13.5. The maximum atomic E-state index is 12.6. The molecule has 0 aliphatic carbocycles. The first-order valence-corrected chi connectivity index (χ1v) is 5.41. The summed E-state index contributed by atoms with van der Waals surface area (Å²) >= 11 is 5.51. The standard InChI is InChI=1S/C11H7ClF3N3O/c1-19-7-3-2-4-16-9(7)6-5-8(11(13,14)15)18-10(12)17-6/h2-5H,1H3. The van der Waals surface area contributed by atoms with Crippen molar-refractivity contribution in [1.29, 1.82) is 0 Å². The van der Waals surface area contributed by atoms with E-state index in [-0.39, 0.29) is 11.4 Å². The third-order valence-corrected chi connectivity index (χ3v) is 2.39. The molecule has 0 N–H and O–H groups in total. The molecule has 2 rings (SSSR count). The molecule has 0 unspecified atom stereocenters. The van der Waals surface area contributed by atoms with Crippen molar-refractivity contribution in [2.45, 2.75) is 6.18 Å². The Hall–Kier alpha value is -1.89. The monoisotopic (exact) mass is 289 g/mol. The van der Waals surface area contributed by atoms with E-state index < -0.39 is 17.2 Å². The molecular weight excluding hydrogens is 283 g/mol. The highest BCUT2D eigenvalue weighted by atomic mass is 35.5. The quantitative estimate of drug-likeness (QED) is 0.797. The van der Waals surface area contributed by atoms with Gasteiger partial charge in [-0.3, -0.25) is 4.98 Å². The fraction of sp³-hybridized carbons (Fsp3) is 0.182. The van der Waals surface area contributed by atoms with Crippen molar-refractivity contribution < 1.29 is 17.9 Å². The summed E-state index contributed by atoms with van der Waals surface area (Å²) in [5.41, 5.74) is -1.01. The van der Waals surface area contributed by atoms with Crippen LogP contribution in [0.25, 0.3) is 11.4 Å². The van der Waals surface area contributed by atoms with Crippen LogP contribution in [0.4, 0.5) is 13.2 Å². The molecule has 0 aromatic carbocycles. The topological polar surface area (TPSA) is 47.9 Å². The Morgan fingerprint density at radius 1 is 1.26 bits per heavy atom. The number of ether oxygens (including phenoxy) is 1. The number of hydrogen-bond donors (Lipinski definition) is 0. The lowest BCUT2D eigenvalue weighted by atomic mass is 10.2. The number of aromatic nitrogens is 3. The van der Waals surface area contributed by atoms with E-state index in [1.165, 1.54) is 13.3 Å². The first-order valence-electron chi connectivity index (χ1n) is 5.03. The van der Waals surface area contributed by atoms with Gasteiger partial charge in [0.15, 0.2) is 0 Å². The van der Waals surface area contributed by atoms with Crippen molar-refractivity contribution in [3.8, 4) is 17.1 Å². The van der Waals surface area contributed by atoms with Gasteiger partial charge in [0.1, 0.15) is 17.1 Å². The Balaban J connectivity index is 2.60. The van der Waals surface area contributed by atoms with Gasteiger partial charge in [-0.1, -0.05) is 0 Å². The van der Waals surface area contributed by atoms with Gasteiger partial charge in [0.25, 0.3) is 0 Å². The summed E-state index contributed by atoms with van der Waals surface area (Å²) in [5.74, 6) is 0.297. The average Bonchev–Trinajstić information content (AvgIpc) is 2.37. The largest absolute Gasteiger partial charge is 0.494 e. The van der Waals surface area contributed by atoms with E-state index in [9.17, 15) is 13.2 Å². The van der Waals surface area contributed by atoms with E-state index in [1.807, 2.05) is 0 Å². The molecule has 0 amide bonds. The maximum absolute atomic E-state index is 12.6. The molecule has 0 saturated heterocycles. The SMILES string of the molecule is COc1cccnc1-c1cc(C(F)(F)F)nc(Cl)n1. The van der Waals surface area contributed by atoms with Gasteiger partial charge in [-0.2, -0.15) is 13.2 Å². The Bertz CT molecular complexity index is 604. The van der Waals surface area contributed by atoms with Gasteiger partial charge in [-0.15, -0.1) is 0 Å². The van der Waals surface area contributed by atoms with Gasteiger partial charge < -0.3 is 4.74 Å². The summed E-state index contributed by atoms with van der Waals surface area (Å²) in [5, 5.41) is -0.502. The molecule has 0 spiro atoms. The number of alkyl halides is 3. The molecule has 0 aliphatic rings. The molecule has 0 radical (unpaired) electrons. The minimum atomic E-state index is -4.61. The molecule has 2 aromatic heterocycles. The highest BCUT2D eigenvalue weighted by Gasteiger charge is 2.34. The Kier molecular flexibility index (Phi) is 3.57. The van der Waals surface area contributed by atoms with Gasteiger partial charge >= 0.3 is 6.18 Å². The number of pyridine rings is 1.